The Morgan fingerprint density at radius 1 is 0.944 bits per heavy atom. The van der Waals surface area contributed by atoms with Gasteiger partial charge in [0.1, 0.15) is 30.2 Å². The standard InChI is InChI=1S/C32H37NO3/c1-7-19-34-30-29(35-22-24-11-9-8-10-12-24)27-20-26(17-18-28(27)36-32(30,5)6)33-21-23-13-15-25(16-14-23)31(2,3)4/h1,8-18,20,29-30,33H,19,21-22H2,2-6H3. The summed E-state index contributed by atoms with van der Waals surface area (Å²) in [5.74, 6) is 3.39. The van der Waals surface area contributed by atoms with E-state index in [0.717, 1.165) is 29.1 Å². The summed E-state index contributed by atoms with van der Waals surface area (Å²) in [4.78, 5) is 0. The minimum Gasteiger partial charge on any atom is -0.485 e. The van der Waals surface area contributed by atoms with Gasteiger partial charge in [0.05, 0.1) is 6.61 Å². The third kappa shape index (κ3) is 6.10. The summed E-state index contributed by atoms with van der Waals surface area (Å²) >= 11 is 0. The van der Waals surface area contributed by atoms with Crippen LogP contribution in [0.4, 0.5) is 5.69 Å². The maximum absolute atomic E-state index is 6.50. The molecular formula is C32H37NO3. The van der Waals surface area contributed by atoms with E-state index >= 15 is 0 Å². The molecule has 0 saturated heterocycles. The Bertz CT molecular complexity index is 1190. The van der Waals surface area contributed by atoms with Crippen LogP contribution in [0.25, 0.3) is 0 Å². The van der Waals surface area contributed by atoms with E-state index in [2.05, 4.69) is 80.5 Å². The Morgan fingerprint density at radius 2 is 1.67 bits per heavy atom. The van der Waals surface area contributed by atoms with E-state index in [1.54, 1.807) is 0 Å². The van der Waals surface area contributed by atoms with Crippen molar-refractivity contribution in [2.75, 3.05) is 11.9 Å². The monoisotopic (exact) mass is 483 g/mol. The minimum absolute atomic E-state index is 0.144. The first kappa shape index (κ1) is 25.8. The molecule has 1 aliphatic heterocycles. The van der Waals surface area contributed by atoms with Crippen molar-refractivity contribution in [1.29, 1.82) is 0 Å². The molecule has 0 fully saturated rings. The molecule has 4 rings (SSSR count). The van der Waals surface area contributed by atoms with Gasteiger partial charge < -0.3 is 19.5 Å². The molecular weight excluding hydrogens is 446 g/mol. The smallest absolute Gasteiger partial charge is 0.132 e. The molecule has 0 spiro atoms. The van der Waals surface area contributed by atoms with Crippen LogP contribution < -0.4 is 10.1 Å². The fourth-order valence-corrected chi connectivity index (χ4v) is 4.53. The predicted molar refractivity (Wildman–Crippen MR) is 146 cm³/mol. The van der Waals surface area contributed by atoms with Crippen molar-refractivity contribution in [3.63, 3.8) is 0 Å². The summed E-state index contributed by atoms with van der Waals surface area (Å²) in [6.07, 6.45) is 4.84. The molecule has 1 N–H and O–H groups in total. The molecule has 1 aliphatic rings. The average Bonchev–Trinajstić information content (AvgIpc) is 2.85. The molecule has 3 aromatic rings. The molecule has 0 aromatic heterocycles. The highest BCUT2D eigenvalue weighted by atomic mass is 16.6. The van der Waals surface area contributed by atoms with Gasteiger partial charge >= 0.3 is 0 Å². The molecule has 0 amide bonds. The second-order valence-electron chi connectivity index (χ2n) is 10.9. The zero-order chi connectivity index (χ0) is 25.8. The van der Waals surface area contributed by atoms with Crippen LogP contribution in [0.2, 0.25) is 0 Å². The van der Waals surface area contributed by atoms with Crippen molar-refractivity contribution in [2.24, 2.45) is 0 Å². The van der Waals surface area contributed by atoms with Crippen molar-refractivity contribution in [1.82, 2.24) is 0 Å². The highest BCUT2D eigenvalue weighted by Gasteiger charge is 2.45. The van der Waals surface area contributed by atoms with Crippen molar-refractivity contribution >= 4 is 5.69 Å². The van der Waals surface area contributed by atoms with Crippen LogP contribution in [0.15, 0.2) is 72.8 Å². The number of nitrogens with one attached hydrogen (secondary N) is 1. The van der Waals surface area contributed by atoms with Crippen LogP contribution in [-0.2, 0) is 28.0 Å². The molecule has 2 unspecified atom stereocenters. The van der Waals surface area contributed by atoms with Crippen LogP contribution in [0.5, 0.6) is 5.75 Å². The van der Waals surface area contributed by atoms with E-state index in [1.165, 1.54) is 11.1 Å². The maximum Gasteiger partial charge on any atom is 0.132 e. The molecule has 3 aromatic carbocycles. The van der Waals surface area contributed by atoms with Gasteiger partial charge in [-0.1, -0.05) is 81.3 Å². The first-order valence-electron chi connectivity index (χ1n) is 12.5. The topological polar surface area (TPSA) is 39.7 Å². The first-order valence-corrected chi connectivity index (χ1v) is 12.5. The number of terminal acetylenes is 1. The normalized spacial score (nSPS) is 18.6. The second-order valence-corrected chi connectivity index (χ2v) is 10.9. The second kappa shape index (κ2) is 10.8. The fraction of sp³-hybridized carbons (Fsp3) is 0.375. The SMILES string of the molecule is C#CCOC1C(OCc2ccccc2)c2cc(NCc3ccc(C(C)(C)C)cc3)ccc2OC1(C)C. The van der Waals surface area contributed by atoms with E-state index < -0.39 is 5.60 Å². The molecule has 0 aliphatic carbocycles. The zero-order valence-electron chi connectivity index (χ0n) is 22.0. The van der Waals surface area contributed by atoms with Gasteiger partial charge in [0, 0.05) is 17.8 Å². The van der Waals surface area contributed by atoms with Crippen LogP contribution in [0.1, 0.15) is 63.0 Å². The van der Waals surface area contributed by atoms with Gasteiger partial charge in [-0.25, -0.2) is 0 Å². The summed E-state index contributed by atoms with van der Waals surface area (Å²) in [6.45, 7) is 12.1. The third-order valence-corrected chi connectivity index (χ3v) is 6.58. The van der Waals surface area contributed by atoms with E-state index in [1.807, 2.05) is 38.1 Å². The molecule has 188 valence electrons. The highest BCUT2D eigenvalue weighted by Crippen LogP contribution is 2.44. The van der Waals surface area contributed by atoms with Gasteiger partial charge in [-0.05, 0) is 54.2 Å². The molecule has 36 heavy (non-hydrogen) atoms. The maximum atomic E-state index is 6.50. The summed E-state index contributed by atoms with van der Waals surface area (Å²) in [6, 6.07) is 25.1. The van der Waals surface area contributed by atoms with E-state index in [-0.39, 0.29) is 24.2 Å². The van der Waals surface area contributed by atoms with Crippen LogP contribution in [0.3, 0.4) is 0 Å². The van der Waals surface area contributed by atoms with Gasteiger partial charge in [0.25, 0.3) is 0 Å². The summed E-state index contributed by atoms with van der Waals surface area (Å²) < 4.78 is 19.0. The number of benzene rings is 3. The Kier molecular flexibility index (Phi) is 7.73. The number of hydrogen-bond acceptors (Lipinski definition) is 4. The van der Waals surface area contributed by atoms with Crippen molar-refractivity contribution < 1.29 is 14.2 Å². The Hall–Kier alpha value is -3.26. The van der Waals surface area contributed by atoms with Crippen LogP contribution in [0, 0.1) is 12.3 Å². The Morgan fingerprint density at radius 3 is 2.33 bits per heavy atom. The Labute approximate surface area is 216 Å². The summed E-state index contributed by atoms with van der Waals surface area (Å²) in [5, 5.41) is 3.56. The fourth-order valence-electron chi connectivity index (χ4n) is 4.53. The largest absolute Gasteiger partial charge is 0.485 e. The van der Waals surface area contributed by atoms with E-state index in [9.17, 15) is 0 Å². The molecule has 0 saturated carbocycles. The van der Waals surface area contributed by atoms with Crippen LogP contribution >= 0.6 is 0 Å². The number of hydrogen-bond donors (Lipinski definition) is 1. The van der Waals surface area contributed by atoms with E-state index in [0.29, 0.717) is 6.61 Å². The molecule has 0 radical (unpaired) electrons. The molecule has 2 atom stereocenters. The number of rotatable bonds is 8. The lowest BCUT2D eigenvalue weighted by Crippen LogP contribution is -2.51. The Balaban J connectivity index is 1.56. The summed E-state index contributed by atoms with van der Waals surface area (Å²) in [7, 11) is 0. The molecule has 4 heteroatoms. The van der Waals surface area contributed by atoms with Crippen molar-refractivity contribution in [2.45, 2.75) is 71.0 Å². The van der Waals surface area contributed by atoms with Crippen molar-refractivity contribution in [3.8, 4) is 18.1 Å². The number of fused-ring (bicyclic) bond motifs is 1. The molecule has 1 heterocycles. The van der Waals surface area contributed by atoms with Crippen molar-refractivity contribution in [3.05, 3.63) is 95.1 Å². The quantitative estimate of drug-likeness (QED) is 0.349. The number of ether oxygens (including phenoxy) is 3. The van der Waals surface area contributed by atoms with Gasteiger partial charge in [-0.15, -0.1) is 6.42 Å². The number of anilines is 1. The van der Waals surface area contributed by atoms with Crippen LogP contribution in [-0.4, -0.2) is 18.3 Å². The van der Waals surface area contributed by atoms with Gasteiger partial charge in [-0.2, -0.15) is 0 Å². The lowest BCUT2D eigenvalue weighted by atomic mass is 9.87. The minimum atomic E-state index is -0.602. The first-order chi connectivity index (χ1) is 17.2. The van der Waals surface area contributed by atoms with Gasteiger partial charge in [0.2, 0.25) is 0 Å². The van der Waals surface area contributed by atoms with Gasteiger partial charge in [-0.3, -0.25) is 0 Å². The van der Waals surface area contributed by atoms with E-state index in [4.69, 9.17) is 20.6 Å². The highest BCUT2D eigenvalue weighted by molar-refractivity contribution is 5.54. The lowest BCUT2D eigenvalue weighted by molar-refractivity contribution is -0.160. The molecule has 0 bridgehead atoms. The molecule has 4 nitrogen and oxygen atoms in total. The predicted octanol–water partition coefficient (Wildman–Crippen LogP) is 7.04. The average molecular weight is 484 g/mol. The van der Waals surface area contributed by atoms with Gasteiger partial charge in [0.15, 0.2) is 0 Å². The third-order valence-electron chi connectivity index (χ3n) is 6.58. The summed E-state index contributed by atoms with van der Waals surface area (Å²) in [5.41, 5.74) is 5.16. The zero-order valence-corrected chi connectivity index (χ0v) is 22.0. The lowest BCUT2D eigenvalue weighted by Gasteiger charge is -2.44.